The number of carboxylic acid groups (broad SMARTS) is 1. The molecule has 0 bridgehead atoms. The number of aromatic nitrogens is 2. The van der Waals surface area contributed by atoms with Crippen molar-refractivity contribution in [3.8, 4) is 11.7 Å². The second-order valence-electron chi connectivity index (χ2n) is 5.11. The summed E-state index contributed by atoms with van der Waals surface area (Å²) < 4.78 is 10.3. The van der Waals surface area contributed by atoms with Crippen molar-refractivity contribution in [2.75, 3.05) is 13.1 Å². The van der Waals surface area contributed by atoms with Gasteiger partial charge in [-0.2, -0.15) is 4.98 Å². The van der Waals surface area contributed by atoms with Gasteiger partial charge in [-0.05, 0) is 18.1 Å². The molecular formula is C13H15N3O4. The predicted molar refractivity (Wildman–Crippen MR) is 67.6 cm³/mol. The summed E-state index contributed by atoms with van der Waals surface area (Å²) in [5.74, 6) is 0.461. The molecule has 2 aromatic rings. The van der Waals surface area contributed by atoms with Crippen molar-refractivity contribution in [3.63, 3.8) is 0 Å². The van der Waals surface area contributed by atoms with Crippen LogP contribution in [-0.2, 0) is 11.3 Å². The van der Waals surface area contributed by atoms with Gasteiger partial charge in [0, 0.05) is 13.1 Å². The zero-order chi connectivity index (χ0) is 14.1. The molecule has 3 rings (SSSR count). The highest BCUT2D eigenvalue weighted by Crippen LogP contribution is 2.25. The van der Waals surface area contributed by atoms with E-state index >= 15 is 0 Å². The average Bonchev–Trinajstić information content (AvgIpc) is 3.09. The second-order valence-corrected chi connectivity index (χ2v) is 5.11. The summed E-state index contributed by atoms with van der Waals surface area (Å²) in [7, 11) is 0. The predicted octanol–water partition coefficient (Wildman–Crippen LogP) is 1.48. The third kappa shape index (κ3) is 2.44. The first kappa shape index (κ1) is 12.9. The SMILES string of the molecule is C[C@@H]1CN(Cc2noc(-c3ccco3)n2)C[C@H]1C(=O)O. The van der Waals surface area contributed by atoms with Crippen LogP contribution in [0.5, 0.6) is 0 Å². The van der Waals surface area contributed by atoms with E-state index in [1.165, 1.54) is 0 Å². The first-order valence-electron chi connectivity index (χ1n) is 6.45. The first-order chi connectivity index (χ1) is 9.63. The van der Waals surface area contributed by atoms with E-state index in [1.54, 1.807) is 18.4 Å². The Morgan fingerprint density at radius 3 is 3.05 bits per heavy atom. The van der Waals surface area contributed by atoms with Crippen LogP contribution in [0.3, 0.4) is 0 Å². The fourth-order valence-corrected chi connectivity index (χ4v) is 2.54. The number of hydrogen-bond donors (Lipinski definition) is 1. The normalized spacial score (nSPS) is 23.2. The summed E-state index contributed by atoms with van der Waals surface area (Å²) in [6.45, 7) is 3.67. The maximum Gasteiger partial charge on any atom is 0.308 e. The van der Waals surface area contributed by atoms with Crippen LogP contribution in [0.15, 0.2) is 27.3 Å². The van der Waals surface area contributed by atoms with E-state index in [1.807, 2.05) is 11.8 Å². The van der Waals surface area contributed by atoms with Crippen molar-refractivity contribution < 1.29 is 18.8 Å². The van der Waals surface area contributed by atoms with E-state index < -0.39 is 5.97 Å². The molecule has 1 aliphatic rings. The molecule has 0 aromatic carbocycles. The van der Waals surface area contributed by atoms with Crippen molar-refractivity contribution in [3.05, 3.63) is 24.2 Å². The van der Waals surface area contributed by atoms with Crippen LogP contribution < -0.4 is 0 Å². The molecular weight excluding hydrogens is 262 g/mol. The molecule has 0 amide bonds. The molecule has 1 saturated heterocycles. The van der Waals surface area contributed by atoms with Crippen molar-refractivity contribution >= 4 is 5.97 Å². The van der Waals surface area contributed by atoms with Crippen LogP contribution in [-0.4, -0.2) is 39.2 Å². The highest BCUT2D eigenvalue weighted by molar-refractivity contribution is 5.71. The summed E-state index contributed by atoms with van der Waals surface area (Å²) >= 11 is 0. The monoisotopic (exact) mass is 277 g/mol. The third-order valence-electron chi connectivity index (χ3n) is 3.57. The summed E-state index contributed by atoms with van der Waals surface area (Å²) in [5, 5.41) is 13.0. The van der Waals surface area contributed by atoms with Gasteiger partial charge < -0.3 is 14.0 Å². The van der Waals surface area contributed by atoms with Gasteiger partial charge in [0.05, 0.1) is 18.7 Å². The standard InChI is InChI=1S/C13H15N3O4/c1-8-5-16(6-9(8)13(17)18)7-11-14-12(20-15-11)10-3-2-4-19-10/h2-4,8-9H,5-7H2,1H3,(H,17,18)/t8-,9-/m1/s1. The Morgan fingerprint density at radius 2 is 2.40 bits per heavy atom. The van der Waals surface area contributed by atoms with E-state index in [2.05, 4.69) is 10.1 Å². The largest absolute Gasteiger partial charge is 0.481 e. The lowest BCUT2D eigenvalue weighted by molar-refractivity contribution is -0.142. The Balaban J connectivity index is 1.66. The number of nitrogens with zero attached hydrogens (tertiary/aromatic N) is 3. The molecule has 1 aliphatic heterocycles. The lowest BCUT2D eigenvalue weighted by Crippen LogP contribution is -2.23. The summed E-state index contributed by atoms with van der Waals surface area (Å²) in [5.41, 5.74) is 0. The Bertz CT molecular complexity index is 593. The minimum absolute atomic E-state index is 0.129. The summed E-state index contributed by atoms with van der Waals surface area (Å²) in [4.78, 5) is 17.4. The highest BCUT2D eigenvalue weighted by atomic mass is 16.5. The Kier molecular flexibility index (Phi) is 3.27. The minimum Gasteiger partial charge on any atom is -0.481 e. The van der Waals surface area contributed by atoms with Gasteiger partial charge in [0.2, 0.25) is 0 Å². The van der Waals surface area contributed by atoms with Gasteiger partial charge in [0.15, 0.2) is 11.6 Å². The zero-order valence-corrected chi connectivity index (χ0v) is 11.0. The average molecular weight is 277 g/mol. The van der Waals surface area contributed by atoms with E-state index in [4.69, 9.17) is 14.0 Å². The molecule has 0 spiro atoms. The van der Waals surface area contributed by atoms with Gasteiger partial charge in [0.25, 0.3) is 5.89 Å². The molecule has 2 atom stereocenters. The summed E-state index contributed by atoms with van der Waals surface area (Å²) in [6.07, 6.45) is 1.54. The highest BCUT2D eigenvalue weighted by Gasteiger charge is 2.35. The molecule has 0 unspecified atom stereocenters. The number of aliphatic carboxylic acids is 1. The number of furan rings is 1. The van der Waals surface area contributed by atoms with Gasteiger partial charge in [-0.1, -0.05) is 12.1 Å². The Labute approximate surface area is 115 Å². The third-order valence-corrected chi connectivity index (χ3v) is 3.57. The smallest absolute Gasteiger partial charge is 0.308 e. The molecule has 1 N–H and O–H groups in total. The number of rotatable bonds is 4. The topological polar surface area (TPSA) is 92.6 Å². The molecule has 0 saturated carbocycles. The molecule has 7 heteroatoms. The number of carbonyl (C=O) groups is 1. The number of hydrogen-bond acceptors (Lipinski definition) is 6. The van der Waals surface area contributed by atoms with E-state index in [0.29, 0.717) is 30.6 Å². The van der Waals surface area contributed by atoms with Crippen molar-refractivity contribution in [1.82, 2.24) is 15.0 Å². The first-order valence-corrected chi connectivity index (χ1v) is 6.45. The van der Waals surface area contributed by atoms with Gasteiger partial charge in [-0.15, -0.1) is 0 Å². The van der Waals surface area contributed by atoms with Gasteiger partial charge in [-0.3, -0.25) is 9.69 Å². The molecule has 1 fully saturated rings. The maximum atomic E-state index is 11.1. The van der Waals surface area contributed by atoms with Gasteiger partial charge >= 0.3 is 5.97 Å². The van der Waals surface area contributed by atoms with E-state index in [0.717, 1.165) is 6.54 Å². The van der Waals surface area contributed by atoms with Crippen molar-refractivity contribution in [2.24, 2.45) is 11.8 Å². The summed E-state index contributed by atoms with van der Waals surface area (Å²) in [6, 6.07) is 3.49. The quantitative estimate of drug-likeness (QED) is 0.904. The molecule has 0 radical (unpaired) electrons. The van der Waals surface area contributed by atoms with Gasteiger partial charge in [-0.25, -0.2) is 0 Å². The Hall–Kier alpha value is -2.15. The lowest BCUT2D eigenvalue weighted by Gasteiger charge is -2.11. The molecule has 2 aromatic heterocycles. The Morgan fingerprint density at radius 1 is 1.55 bits per heavy atom. The van der Waals surface area contributed by atoms with Crippen LogP contribution in [0.1, 0.15) is 12.7 Å². The molecule has 3 heterocycles. The van der Waals surface area contributed by atoms with Crippen LogP contribution in [0.25, 0.3) is 11.7 Å². The van der Waals surface area contributed by atoms with E-state index in [-0.39, 0.29) is 11.8 Å². The zero-order valence-electron chi connectivity index (χ0n) is 11.0. The number of carboxylic acids is 1. The van der Waals surface area contributed by atoms with Crippen molar-refractivity contribution in [1.29, 1.82) is 0 Å². The van der Waals surface area contributed by atoms with Crippen LogP contribution in [0.2, 0.25) is 0 Å². The van der Waals surface area contributed by atoms with Crippen molar-refractivity contribution in [2.45, 2.75) is 13.5 Å². The molecule has 20 heavy (non-hydrogen) atoms. The van der Waals surface area contributed by atoms with Crippen LogP contribution in [0, 0.1) is 11.8 Å². The maximum absolute atomic E-state index is 11.1. The number of likely N-dealkylation sites (tertiary alicyclic amines) is 1. The fraction of sp³-hybridized carbons (Fsp3) is 0.462. The molecule has 106 valence electrons. The van der Waals surface area contributed by atoms with Crippen LogP contribution in [0.4, 0.5) is 0 Å². The van der Waals surface area contributed by atoms with Gasteiger partial charge in [0.1, 0.15) is 0 Å². The fourth-order valence-electron chi connectivity index (χ4n) is 2.54. The van der Waals surface area contributed by atoms with Crippen LogP contribution >= 0.6 is 0 Å². The minimum atomic E-state index is -0.746. The molecule has 7 nitrogen and oxygen atoms in total. The van der Waals surface area contributed by atoms with E-state index in [9.17, 15) is 4.79 Å². The lowest BCUT2D eigenvalue weighted by atomic mass is 9.99. The molecule has 0 aliphatic carbocycles. The second kappa shape index (κ2) is 5.09.